The normalized spacial score (nSPS) is 11.9. The zero-order valence-electron chi connectivity index (χ0n) is 11.0. The van der Waals surface area contributed by atoms with Crippen molar-refractivity contribution in [2.45, 2.75) is 12.2 Å². The molecular formula is C16H16O2S. The van der Waals surface area contributed by atoms with Crippen LogP contribution in [0.25, 0.3) is 0 Å². The van der Waals surface area contributed by atoms with Gasteiger partial charge in [-0.2, -0.15) is 11.8 Å². The van der Waals surface area contributed by atoms with Crippen molar-refractivity contribution in [2.24, 2.45) is 0 Å². The third-order valence-corrected chi connectivity index (χ3v) is 3.80. The van der Waals surface area contributed by atoms with E-state index in [-0.39, 0.29) is 5.97 Å². The molecule has 0 aliphatic heterocycles. The molecule has 0 saturated heterocycles. The molecule has 0 N–H and O–H groups in total. The fraction of sp³-hybridized carbons (Fsp3) is 0.188. The molecule has 0 fully saturated rings. The van der Waals surface area contributed by atoms with Crippen LogP contribution in [0.1, 0.15) is 23.3 Å². The molecule has 2 aromatic carbocycles. The average molecular weight is 272 g/mol. The third kappa shape index (κ3) is 3.61. The highest BCUT2D eigenvalue weighted by Gasteiger charge is 2.12. The number of hydrogen-bond acceptors (Lipinski definition) is 3. The lowest BCUT2D eigenvalue weighted by Gasteiger charge is -2.15. The number of benzene rings is 2. The maximum Gasteiger partial charge on any atom is 0.308 e. The van der Waals surface area contributed by atoms with Crippen LogP contribution in [0.5, 0.6) is 5.75 Å². The molecule has 98 valence electrons. The fourth-order valence-corrected chi connectivity index (χ4v) is 2.83. The van der Waals surface area contributed by atoms with Gasteiger partial charge in [-0.3, -0.25) is 4.79 Å². The van der Waals surface area contributed by atoms with Crippen LogP contribution in [-0.2, 0) is 4.79 Å². The summed E-state index contributed by atoms with van der Waals surface area (Å²) in [6.45, 7) is 1.41. The number of thioether (sulfide) groups is 1. The van der Waals surface area contributed by atoms with Crippen LogP contribution in [0.15, 0.2) is 54.6 Å². The molecule has 2 nitrogen and oxygen atoms in total. The minimum absolute atomic E-state index is 0.294. The Morgan fingerprint density at radius 1 is 1.00 bits per heavy atom. The summed E-state index contributed by atoms with van der Waals surface area (Å²) in [5.74, 6) is 0.293. The van der Waals surface area contributed by atoms with Crippen molar-refractivity contribution in [3.05, 3.63) is 65.7 Å². The first-order chi connectivity index (χ1) is 9.20. The van der Waals surface area contributed by atoms with Crippen molar-refractivity contribution >= 4 is 17.7 Å². The third-order valence-electron chi connectivity index (χ3n) is 2.78. The van der Waals surface area contributed by atoms with Crippen LogP contribution < -0.4 is 4.74 Å². The maximum atomic E-state index is 10.9. The van der Waals surface area contributed by atoms with Crippen molar-refractivity contribution < 1.29 is 9.53 Å². The number of carbonyl (C=O) groups excluding carboxylic acids is 1. The molecule has 0 aromatic heterocycles. The average Bonchev–Trinajstić information content (AvgIpc) is 2.42. The highest BCUT2D eigenvalue weighted by Crippen LogP contribution is 2.34. The number of esters is 1. The van der Waals surface area contributed by atoms with E-state index in [0.717, 1.165) is 0 Å². The van der Waals surface area contributed by atoms with Gasteiger partial charge < -0.3 is 4.74 Å². The Hall–Kier alpha value is -1.74. The van der Waals surface area contributed by atoms with E-state index in [1.165, 1.54) is 18.1 Å². The standard InChI is InChI=1S/C16H16O2S/c1-12(17)18-15-10-8-14(9-11-15)16(19-2)13-6-4-3-5-7-13/h3-11,16H,1-2H3. The molecule has 0 aliphatic carbocycles. The van der Waals surface area contributed by atoms with E-state index in [1.807, 2.05) is 42.5 Å². The molecule has 0 amide bonds. The molecule has 19 heavy (non-hydrogen) atoms. The van der Waals surface area contributed by atoms with Crippen molar-refractivity contribution in [1.82, 2.24) is 0 Å². The Balaban J connectivity index is 2.22. The smallest absolute Gasteiger partial charge is 0.308 e. The lowest BCUT2D eigenvalue weighted by molar-refractivity contribution is -0.131. The molecular weight excluding hydrogens is 256 g/mol. The Morgan fingerprint density at radius 3 is 2.11 bits per heavy atom. The monoisotopic (exact) mass is 272 g/mol. The van der Waals surface area contributed by atoms with Crippen LogP contribution in [-0.4, -0.2) is 12.2 Å². The molecule has 2 aromatic rings. The number of ether oxygens (including phenoxy) is 1. The minimum Gasteiger partial charge on any atom is -0.427 e. The highest BCUT2D eigenvalue weighted by molar-refractivity contribution is 7.99. The molecule has 3 heteroatoms. The zero-order chi connectivity index (χ0) is 13.7. The van der Waals surface area contributed by atoms with E-state index in [9.17, 15) is 4.79 Å². The molecule has 0 spiro atoms. The Morgan fingerprint density at radius 2 is 1.58 bits per heavy atom. The van der Waals surface area contributed by atoms with Crippen molar-refractivity contribution in [3.8, 4) is 5.75 Å². The molecule has 1 atom stereocenters. The van der Waals surface area contributed by atoms with Crippen LogP contribution in [0, 0.1) is 0 Å². The summed E-state index contributed by atoms with van der Waals surface area (Å²) < 4.78 is 5.04. The summed E-state index contributed by atoms with van der Waals surface area (Å²) in [4.78, 5) is 10.9. The molecule has 0 aliphatic rings. The van der Waals surface area contributed by atoms with Gasteiger partial charge >= 0.3 is 5.97 Å². The SMILES string of the molecule is CSC(c1ccccc1)c1ccc(OC(C)=O)cc1. The van der Waals surface area contributed by atoms with Gasteiger partial charge in [0.15, 0.2) is 0 Å². The summed E-state index contributed by atoms with van der Waals surface area (Å²) in [7, 11) is 0. The van der Waals surface area contributed by atoms with E-state index in [0.29, 0.717) is 11.0 Å². The predicted octanol–water partition coefficient (Wildman–Crippen LogP) is 4.06. The lowest BCUT2D eigenvalue weighted by Crippen LogP contribution is -2.02. The van der Waals surface area contributed by atoms with Gasteiger partial charge in [0.05, 0.1) is 5.25 Å². The summed E-state index contributed by atoms with van der Waals surface area (Å²) in [6, 6.07) is 18.1. The highest BCUT2D eigenvalue weighted by atomic mass is 32.2. The zero-order valence-corrected chi connectivity index (χ0v) is 11.8. The molecule has 0 heterocycles. The number of carbonyl (C=O) groups is 1. The summed E-state index contributed by atoms with van der Waals surface area (Å²) in [5, 5.41) is 0.299. The van der Waals surface area contributed by atoms with Crippen LogP contribution in [0.2, 0.25) is 0 Å². The summed E-state index contributed by atoms with van der Waals surface area (Å²) in [6.07, 6.45) is 2.09. The summed E-state index contributed by atoms with van der Waals surface area (Å²) in [5.41, 5.74) is 2.48. The second-order valence-corrected chi connectivity index (χ2v) is 5.13. The fourth-order valence-electron chi connectivity index (χ4n) is 1.97. The van der Waals surface area contributed by atoms with Crippen LogP contribution in [0.4, 0.5) is 0 Å². The molecule has 0 radical (unpaired) electrons. The van der Waals surface area contributed by atoms with Gasteiger partial charge in [-0.15, -0.1) is 0 Å². The Bertz CT molecular complexity index is 534. The molecule has 0 bridgehead atoms. The van der Waals surface area contributed by atoms with Crippen LogP contribution in [0.3, 0.4) is 0 Å². The van der Waals surface area contributed by atoms with E-state index >= 15 is 0 Å². The van der Waals surface area contributed by atoms with E-state index in [1.54, 1.807) is 11.8 Å². The van der Waals surface area contributed by atoms with Gasteiger partial charge in [0, 0.05) is 6.92 Å². The minimum atomic E-state index is -0.294. The first-order valence-corrected chi connectivity index (χ1v) is 7.35. The predicted molar refractivity (Wildman–Crippen MR) is 79.6 cm³/mol. The largest absolute Gasteiger partial charge is 0.427 e. The van der Waals surface area contributed by atoms with Gasteiger partial charge in [-0.25, -0.2) is 0 Å². The van der Waals surface area contributed by atoms with Crippen molar-refractivity contribution in [2.75, 3.05) is 6.26 Å². The first-order valence-electron chi connectivity index (χ1n) is 6.07. The first kappa shape index (κ1) is 13.7. The lowest BCUT2D eigenvalue weighted by atomic mass is 10.0. The van der Waals surface area contributed by atoms with Gasteiger partial charge in [-0.1, -0.05) is 42.5 Å². The van der Waals surface area contributed by atoms with Gasteiger partial charge in [0.1, 0.15) is 5.75 Å². The summed E-state index contributed by atoms with van der Waals surface area (Å²) >= 11 is 1.79. The molecule has 1 unspecified atom stereocenters. The van der Waals surface area contributed by atoms with Crippen molar-refractivity contribution in [1.29, 1.82) is 0 Å². The van der Waals surface area contributed by atoms with Gasteiger partial charge in [-0.05, 0) is 29.5 Å². The van der Waals surface area contributed by atoms with E-state index < -0.39 is 0 Å². The quantitative estimate of drug-likeness (QED) is 0.620. The second-order valence-electron chi connectivity index (χ2n) is 4.19. The van der Waals surface area contributed by atoms with Gasteiger partial charge in [0.25, 0.3) is 0 Å². The Kier molecular flexibility index (Phi) is 4.63. The van der Waals surface area contributed by atoms with Crippen LogP contribution >= 0.6 is 11.8 Å². The number of rotatable bonds is 4. The van der Waals surface area contributed by atoms with Crippen molar-refractivity contribution in [3.63, 3.8) is 0 Å². The topological polar surface area (TPSA) is 26.3 Å². The molecule has 2 rings (SSSR count). The second kappa shape index (κ2) is 6.43. The number of hydrogen-bond donors (Lipinski definition) is 0. The molecule has 0 saturated carbocycles. The van der Waals surface area contributed by atoms with Gasteiger partial charge in [0.2, 0.25) is 0 Å². The van der Waals surface area contributed by atoms with E-state index in [2.05, 4.69) is 18.4 Å². The Labute approximate surface area is 117 Å². The maximum absolute atomic E-state index is 10.9. The van der Waals surface area contributed by atoms with E-state index in [4.69, 9.17) is 4.74 Å².